The number of rotatable bonds is 5. The minimum absolute atomic E-state index is 0.114. The van der Waals surface area contributed by atoms with E-state index < -0.39 is 5.25 Å². The van der Waals surface area contributed by atoms with Gasteiger partial charge in [-0.1, -0.05) is 40.2 Å². The van der Waals surface area contributed by atoms with Gasteiger partial charge in [0.25, 0.3) is 5.91 Å². The first-order valence-electron chi connectivity index (χ1n) is 9.90. The van der Waals surface area contributed by atoms with Gasteiger partial charge in [-0.15, -0.1) is 11.8 Å². The molecule has 0 radical (unpaired) electrons. The van der Waals surface area contributed by atoms with Crippen LogP contribution >= 0.6 is 27.7 Å². The van der Waals surface area contributed by atoms with Gasteiger partial charge in [0.05, 0.1) is 5.69 Å². The first kappa shape index (κ1) is 20.9. The highest BCUT2D eigenvalue weighted by Crippen LogP contribution is 2.39. The summed E-state index contributed by atoms with van der Waals surface area (Å²) in [6.45, 7) is 1.65. The van der Waals surface area contributed by atoms with E-state index in [2.05, 4.69) is 21.2 Å². The average Bonchev–Trinajstić information content (AvgIpc) is 3.29. The van der Waals surface area contributed by atoms with E-state index in [4.69, 9.17) is 0 Å². The molecule has 0 unspecified atom stereocenters. The molecule has 2 aliphatic rings. The first-order valence-corrected chi connectivity index (χ1v) is 11.6. The molecule has 6 nitrogen and oxygen atoms in total. The number of para-hydroxylation sites is 1. The Labute approximate surface area is 188 Å². The Morgan fingerprint density at radius 2 is 1.77 bits per heavy atom. The van der Waals surface area contributed by atoms with Gasteiger partial charge in [-0.05, 0) is 42.7 Å². The van der Waals surface area contributed by atoms with Crippen LogP contribution in [-0.4, -0.2) is 47.5 Å². The second kappa shape index (κ2) is 9.22. The van der Waals surface area contributed by atoms with Crippen LogP contribution in [-0.2, 0) is 20.9 Å². The van der Waals surface area contributed by atoms with Crippen LogP contribution < -0.4 is 10.2 Å². The fraction of sp³-hybridized carbons (Fsp3) is 0.318. The van der Waals surface area contributed by atoms with Gasteiger partial charge >= 0.3 is 0 Å². The van der Waals surface area contributed by atoms with Crippen LogP contribution in [0.3, 0.4) is 0 Å². The lowest BCUT2D eigenvalue weighted by Gasteiger charge is -2.34. The summed E-state index contributed by atoms with van der Waals surface area (Å²) in [7, 11) is 0. The molecule has 3 amide bonds. The smallest absolute Gasteiger partial charge is 0.250 e. The Kier molecular flexibility index (Phi) is 6.43. The molecule has 30 heavy (non-hydrogen) atoms. The third-order valence-corrected chi connectivity index (χ3v) is 7.00. The van der Waals surface area contributed by atoms with Crippen LogP contribution in [0.15, 0.2) is 57.9 Å². The number of anilines is 1. The highest BCUT2D eigenvalue weighted by Gasteiger charge is 2.41. The number of hydrogen-bond donors (Lipinski definition) is 1. The summed E-state index contributed by atoms with van der Waals surface area (Å²) in [6.07, 6.45) is 1.94. The largest absolute Gasteiger partial charge is 0.350 e. The number of carbonyl (C=O) groups excluding carboxylic acids is 3. The van der Waals surface area contributed by atoms with Gasteiger partial charge < -0.3 is 15.1 Å². The van der Waals surface area contributed by atoms with Crippen LogP contribution in [0.1, 0.15) is 18.4 Å². The molecule has 0 saturated carbocycles. The minimum atomic E-state index is -0.836. The fourth-order valence-electron chi connectivity index (χ4n) is 3.64. The summed E-state index contributed by atoms with van der Waals surface area (Å²) in [5, 5.41) is 2.03. The van der Waals surface area contributed by atoms with E-state index in [1.165, 1.54) is 16.7 Å². The number of thioether (sulfide) groups is 1. The minimum Gasteiger partial charge on any atom is -0.350 e. The number of carbonyl (C=O) groups is 3. The van der Waals surface area contributed by atoms with Crippen molar-refractivity contribution in [2.45, 2.75) is 29.5 Å². The summed E-state index contributed by atoms with van der Waals surface area (Å²) in [4.78, 5) is 42.8. The maximum Gasteiger partial charge on any atom is 0.250 e. The second-order valence-corrected chi connectivity index (χ2v) is 9.39. The summed E-state index contributed by atoms with van der Waals surface area (Å²) in [5.74, 6) is -0.744. The summed E-state index contributed by atoms with van der Waals surface area (Å²) in [6, 6.07) is 15.1. The molecule has 156 valence electrons. The van der Waals surface area contributed by atoms with Crippen LogP contribution in [0.2, 0.25) is 0 Å². The van der Waals surface area contributed by atoms with Crippen molar-refractivity contribution >= 4 is 51.1 Å². The topological polar surface area (TPSA) is 69.7 Å². The van der Waals surface area contributed by atoms with Crippen molar-refractivity contribution in [3.63, 3.8) is 0 Å². The zero-order valence-electron chi connectivity index (χ0n) is 16.3. The van der Waals surface area contributed by atoms with Crippen molar-refractivity contribution in [1.29, 1.82) is 0 Å². The zero-order chi connectivity index (χ0) is 21.1. The van der Waals surface area contributed by atoms with E-state index in [-0.39, 0.29) is 24.3 Å². The van der Waals surface area contributed by atoms with Crippen molar-refractivity contribution in [3.05, 3.63) is 58.6 Å². The van der Waals surface area contributed by atoms with Gasteiger partial charge in [-0.3, -0.25) is 14.4 Å². The summed E-state index contributed by atoms with van der Waals surface area (Å²) in [5.41, 5.74) is 1.64. The third kappa shape index (κ3) is 4.54. The lowest BCUT2D eigenvalue weighted by atomic mass is 10.2. The van der Waals surface area contributed by atoms with Gasteiger partial charge in [-0.2, -0.15) is 0 Å². The molecule has 0 spiro atoms. The lowest BCUT2D eigenvalue weighted by molar-refractivity contribution is -0.134. The van der Waals surface area contributed by atoms with E-state index >= 15 is 0 Å². The van der Waals surface area contributed by atoms with E-state index in [1.807, 2.05) is 48.5 Å². The number of nitrogens with one attached hydrogen (secondary N) is 1. The number of likely N-dealkylation sites (tertiary alicyclic amines) is 1. The molecule has 1 saturated heterocycles. The van der Waals surface area contributed by atoms with Gasteiger partial charge in [-0.25, -0.2) is 0 Å². The molecule has 0 aromatic heterocycles. The van der Waals surface area contributed by atoms with Crippen LogP contribution in [0, 0.1) is 0 Å². The van der Waals surface area contributed by atoms with Crippen molar-refractivity contribution in [1.82, 2.24) is 10.2 Å². The lowest BCUT2D eigenvalue weighted by Crippen LogP contribution is -2.51. The number of halogens is 1. The van der Waals surface area contributed by atoms with Crippen molar-refractivity contribution < 1.29 is 14.4 Å². The predicted molar refractivity (Wildman–Crippen MR) is 120 cm³/mol. The van der Waals surface area contributed by atoms with Crippen LogP contribution in [0.5, 0.6) is 0 Å². The van der Waals surface area contributed by atoms with Crippen LogP contribution in [0.25, 0.3) is 0 Å². The number of amides is 3. The molecule has 2 aliphatic heterocycles. The monoisotopic (exact) mass is 487 g/mol. The quantitative estimate of drug-likeness (QED) is 0.657. The first-order chi connectivity index (χ1) is 14.5. The van der Waals surface area contributed by atoms with E-state index in [1.54, 1.807) is 4.90 Å². The maximum atomic E-state index is 13.2. The van der Waals surface area contributed by atoms with Crippen molar-refractivity contribution in [2.75, 3.05) is 24.5 Å². The number of fused-ring (bicyclic) bond motifs is 1. The number of nitrogens with zero attached hydrogens (tertiary/aromatic N) is 2. The average molecular weight is 488 g/mol. The maximum absolute atomic E-state index is 13.2. The van der Waals surface area contributed by atoms with E-state index in [9.17, 15) is 14.4 Å². The van der Waals surface area contributed by atoms with E-state index in [0.29, 0.717) is 25.3 Å². The van der Waals surface area contributed by atoms with E-state index in [0.717, 1.165) is 27.8 Å². The molecule has 2 aromatic rings. The predicted octanol–water partition coefficient (Wildman–Crippen LogP) is 3.20. The molecule has 1 fully saturated rings. The fourth-order valence-corrected chi connectivity index (χ4v) is 5.09. The van der Waals surface area contributed by atoms with Gasteiger partial charge in [0.15, 0.2) is 5.25 Å². The molecular formula is C22H22BrN3O3S. The van der Waals surface area contributed by atoms with Gasteiger partial charge in [0.1, 0.15) is 6.54 Å². The van der Waals surface area contributed by atoms with Crippen molar-refractivity contribution in [3.8, 4) is 0 Å². The Balaban J connectivity index is 1.48. The molecule has 2 aromatic carbocycles. The molecule has 1 N–H and O–H groups in total. The standard InChI is InChI=1S/C22H22BrN3O3S/c23-16-9-7-15(8-10-16)13-24-19(27)14-26-17-5-1-2-6-18(17)30-20(22(26)29)21(28)25-11-3-4-12-25/h1-2,5-10,20H,3-4,11-14H2,(H,24,27)/t20-/m0/s1. The van der Waals surface area contributed by atoms with Gasteiger partial charge in [0.2, 0.25) is 11.8 Å². The summed E-state index contributed by atoms with van der Waals surface area (Å²) >= 11 is 4.67. The Morgan fingerprint density at radius 1 is 1.07 bits per heavy atom. The summed E-state index contributed by atoms with van der Waals surface area (Å²) < 4.78 is 0.972. The van der Waals surface area contributed by atoms with Crippen molar-refractivity contribution in [2.24, 2.45) is 0 Å². The SMILES string of the molecule is O=C(CN1C(=O)[C@H](C(=O)N2CCCC2)Sc2ccccc21)NCc1ccc(Br)cc1. The Hall–Kier alpha value is -2.32. The number of hydrogen-bond acceptors (Lipinski definition) is 4. The molecule has 8 heteroatoms. The normalized spacial score (nSPS) is 18.3. The highest BCUT2D eigenvalue weighted by molar-refractivity contribution is 9.10. The third-order valence-electron chi connectivity index (χ3n) is 5.24. The molecule has 0 aliphatic carbocycles. The molecular weight excluding hydrogens is 466 g/mol. The highest BCUT2D eigenvalue weighted by atomic mass is 79.9. The molecule has 2 heterocycles. The van der Waals surface area contributed by atoms with Crippen LogP contribution in [0.4, 0.5) is 5.69 Å². The molecule has 1 atom stereocenters. The Bertz CT molecular complexity index is 960. The molecule has 4 rings (SSSR count). The zero-order valence-corrected chi connectivity index (χ0v) is 18.7. The Morgan fingerprint density at radius 3 is 2.50 bits per heavy atom. The number of benzene rings is 2. The second-order valence-electron chi connectivity index (χ2n) is 7.33. The molecule has 0 bridgehead atoms. The van der Waals surface area contributed by atoms with Gasteiger partial charge in [0, 0.05) is 29.0 Å².